The second kappa shape index (κ2) is 10.1. The predicted octanol–water partition coefficient (Wildman–Crippen LogP) is 4.79. The first-order chi connectivity index (χ1) is 12.6. The van der Waals surface area contributed by atoms with Crippen molar-refractivity contribution in [2.75, 3.05) is 13.2 Å². The van der Waals surface area contributed by atoms with Crippen LogP contribution in [0.2, 0.25) is 0 Å². The normalized spacial score (nSPS) is 12.9. The van der Waals surface area contributed by atoms with E-state index in [2.05, 4.69) is 23.3 Å². The number of pyridine rings is 1. The Hall–Kier alpha value is -2.20. The van der Waals surface area contributed by atoms with Gasteiger partial charge in [0.15, 0.2) is 0 Å². The summed E-state index contributed by atoms with van der Waals surface area (Å²) in [6.07, 6.45) is 6.63. The van der Waals surface area contributed by atoms with E-state index in [1.54, 1.807) is 6.07 Å². The lowest BCUT2D eigenvalue weighted by molar-refractivity contribution is 0.284. The van der Waals surface area contributed by atoms with Gasteiger partial charge in [-0.3, -0.25) is 4.98 Å². The van der Waals surface area contributed by atoms with Gasteiger partial charge in [-0.25, -0.2) is 4.39 Å². The maximum absolute atomic E-state index is 14.2. The Labute approximate surface area is 156 Å². The van der Waals surface area contributed by atoms with Crippen LogP contribution >= 0.6 is 0 Å². The third kappa shape index (κ3) is 5.40. The molecule has 1 unspecified atom stereocenters. The second-order valence-corrected chi connectivity index (χ2v) is 6.60. The molecule has 0 saturated heterocycles. The molecule has 2 N–H and O–H groups in total. The number of aliphatic hydroxyl groups excluding tert-OH is 1. The van der Waals surface area contributed by atoms with Gasteiger partial charge in [-0.05, 0) is 49.9 Å². The highest BCUT2D eigenvalue weighted by molar-refractivity contribution is 5.63. The fourth-order valence-corrected chi connectivity index (χ4v) is 2.93. The average molecular weight is 356 g/mol. The molecule has 0 spiro atoms. The number of aromatic nitrogens is 1. The number of nitrogens with zero attached hydrogens (tertiary/aromatic N) is 1. The monoisotopic (exact) mass is 356 g/mol. The number of rotatable bonds is 9. The Morgan fingerprint density at radius 2 is 2.08 bits per heavy atom. The summed E-state index contributed by atoms with van der Waals surface area (Å²) in [4.78, 5) is 4.59. The molecule has 26 heavy (non-hydrogen) atoms. The van der Waals surface area contributed by atoms with Crippen molar-refractivity contribution >= 4 is 5.70 Å². The third-order valence-corrected chi connectivity index (χ3v) is 4.47. The SMILES string of the molecule is CC/C=C(/NCCCCO)c1ccc(C(C)c2cc(C)ccc2F)nc1. The molecule has 1 aromatic carbocycles. The topological polar surface area (TPSA) is 45.1 Å². The van der Waals surface area contributed by atoms with Crippen LogP contribution < -0.4 is 5.32 Å². The van der Waals surface area contributed by atoms with Crippen LogP contribution in [0.1, 0.15) is 61.4 Å². The number of halogens is 1. The second-order valence-electron chi connectivity index (χ2n) is 6.60. The number of aliphatic hydroxyl groups is 1. The van der Waals surface area contributed by atoms with Gasteiger partial charge in [-0.15, -0.1) is 0 Å². The molecule has 1 aromatic heterocycles. The minimum absolute atomic E-state index is 0.0972. The van der Waals surface area contributed by atoms with Crippen LogP contribution in [0, 0.1) is 12.7 Å². The molecule has 0 aliphatic rings. The summed E-state index contributed by atoms with van der Waals surface area (Å²) in [6.45, 7) is 7.09. The zero-order valence-electron chi connectivity index (χ0n) is 15.9. The number of benzene rings is 1. The van der Waals surface area contributed by atoms with Crippen LogP contribution in [-0.4, -0.2) is 23.2 Å². The number of allylic oxidation sites excluding steroid dienone is 1. The van der Waals surface area contributed by atoms with Crippen molar-refractivity contribution in [2.45, 2.75) is 46.0 Å². The number of hydrogen-bond donors (Lipinski definition) is 2. The molecule has 0 saturated carbocycles. The average Bonchev–Trinajstić information content (AvgIpc) is 2.66. The van der Waals surface area contributed by atoms with E-state index in [4.69, 9.17) is 5.11 Å². The molecule has 0 bridgehead atoms. The summed E-state index contributed by atoms with van der Waals surface area (Å²) in [7, 11) is 0. The van der Waals surface area contributed by atoms with Crippen molar-refractivity contribution in [3.8, 4) is 0 Å². The highest BCUT2D eigenvalue weighted by Gasteiger charge is 2.15. The van der Waals surface area contributed by atoms with Crippen molar-refractivity contribution in [2.24, 2.45) is 0 Å². The summed E-state index contributed by atoms with van der Waals surface area (Å²) in [5.74, 6) is -0.286. The molecular weight excluding hydrogens is 327 g/mol. The van der Waals surface area contributed by atoms with Crippen molar-refractivity contribution < 1.29 is 9.50 Å². The number of aryl methyl sites for hydroxylation is 1. The summed E-state index contributed by atoms with van der Waals surface area (Å²) in [5.41, 5.74) is 4.66. The van der Waals surface area contributed by atoms with Gasteiger partial charge in [0.2, 0.25) is 0 Å². The van der Waals surface area contributed by atoms with Crippen LogP contribution in [0.4, 0.5) is 4.39 Å². The quantitative estimate of drug-likeness (QED) is 0.635. The van der Waals surface area contributed by atoms with Gasteiger partial charge >= 0.3 is 0 Å². The molecule has 0 radical (unpaired) electrons. The summed E-state index contributed by atoms with van der Waals surface area (Å²) >= 11 is 0. The molecular formula is C22H29FN2O. The van der Waals surface area contributed by atoms with Crippen LogP contribution in [0.3, 0.4) is 0 Å². The molecule has 0 amide bonds. The molecule has 2 aromatic rings. The first-order valence-corrected chi connectivity index (χ1v) is 9.34. The lowest BCUT2D eigenvalue weighted by Crippen LogP contribution is -2.14. The van der Waals surface area contributed by atoms with Crippen LogP contribution in [-0.2, 0) is 0 Å². The van der Waals surface area contributed by atoms with Crippen molar-refractivity contribution in [1.29, 1.82) is 0 Å². The molecule has 0 fully saturated rings. The Balaban J connectivity index is 2.15. The van der Waals surface area contributed by atoms with E-state index < -0.39 is 0 Å². The molecule has 2 rings (SSSR count). The first kappa shape index (κ1) is 20.1. The standard InChI is InChI=1S/C22H29FN2O/c1-4-7-22(24-12-5-6-13-26)18-9-11-21(25-15-18)17(3)19-14-16(2)8-10-20(19)23/h7-11,14-15,17,24,26H,4-6,12-13H2,1-3H3/b22-7+. The van der Waals surface area contributed by atoms with Crippen molar-refractivity contribution in [1.82, 2.24) is 10.3 Å². The van der Waals surface area contributed by atoms with Gasteiger partial charge in [0, 0.05) is 42.2 Å². The van der Waals surface area contributed by atoms with Crippen LogP contribution in [0.15, 0.2) is 42.6 Å². The van der Waals surface area contributed by atoms with E-state index in [9.17, 15) is 4.39 Å². The highest BCUT2D eigenvalue weighted by Crippen LogP contribution is 2.26. The Bertz CT molecular complexity index is 725. The van der Waals surface area contributed by atoms with Gasteiger partial charge in [0.25, 0.3) is 0 Å². The first-order valence-electron chi connectivity index (χ1n) is 9.34. The minimum atomic E-state index is -0.189. The zero-order valence-corrected chi connectivity index (χ0v) is 15.9. The zero-order chi connectivity index (χ0) is 18.9. The highest BCUT2D eigenvalue weighted by atomic mass is 19.1. The van der Waals surface area contributed by atoms with E-state index in [0.29, 0.717) is 5.56 Å². The van der Waals surface area contributed by atoms with Crippen LogP contribution in [0.5, 0.6) is 0 Å². The largest absolute Gasteiger partial charge is 0.396 e. The number of hydrogen-bond acceptors (Lipinski definition) is 3. The van der Waals surface area contributed by atoms with Gasteiger partial charge in [0.1, 0.15) is 5.82 Å². The fourth-order valence-electron chi connectivity index (χ4n) is 2.93. The smallest absolute Gasteiger partial charge is 0.127 e. The molecule has 4 heteroatoms. The number of nitrogens with one attached hydrogen (secondary N) is 1. The van der Waals surface area contributed by atoms with Gasteiger partial charge in [-0.1, -0.05) is 37.6 Å². The van der Waals surface area contributed by atoms with E-state index in [-0.39, 0.29) is 18.3 Å². The molecule has 3 nitrogen and oxygen atoms in total. The Morgan fingerprint density at radius 1 is 1.27 bits per heavy atom. The molecule has 140 valence electrons. The molecule has 0 aliphatic carbocycles. The van der Waals surface area contributed by atoms with Crippen LogP contribution in [0.25, 0.3) is 5.70 Å². The molecule has 1 heterocycles. The lowest BCUT2D eigenvalue weighted by Gasteiger charge is -2.15. The summed E-state index contributed by atoms with van der Waals surface area (Å²) in [6, 6.07) is 9.20. The van der Waals surface area contributed by atoms with Crippen molar-refractivity contribution in [3.05, 3.63) is 70.8 Å². The maximum Gasteiger partial charge on any atom is 0.127 e. The van der Waals surface area contributed by atoms with Gasteiger partial charge < -0.3 is 10.4 Å². The third-order valence-electron chi connectivity index (χ3n) is 4.47. The fraction of sp³-hybridized carbons (Fsp3) is 0.409. The van der Waals surface area contributed by atoms with Gasteiger partial charge in [0.05, 0.1) is 0 Å². The van der Waals surface area contributed by atoms with Gasteiger partial charge in [-0.2, -0.15) is 0 Å². The Kier molecular flexibility index (Phi) is 7.79. The van der Waals surface area contributed by atoms with E-state index in [0.717, 1.165) is 48.3 Å². The predicted molar refractivity (Wildman–Crippen MR) is 105 cm³/mol. The lowest BCUT2D eigenvalue weighted by atomic mass is 9.95. The van der Waals surface area contributed by atoms with E-state index in [1.165, 1.54) is 6.07 Å². The summed E-state index contributed by atoms with van der Waals surface area (Å²) < 4.78 is 14.2. The number of unbranched alkanes of at least 4 members (excludes halogenated alkanes) is 1. The summed E-state index contributed by atoms with van der Waals surface area (Å²) in [5, 5.41) is 12.3. The minimum Gasteiger partial charge on any atom is -0.396 e. The Morgan fingerprint density at radius 3 is 2.73 bits per heavy atom. The van der Waals surface area contributed by atoms with E-state index >= 15 is 0 Å². The van der Waals surface area contributed by atoms with Crippen molar-refractivity contribution in [3.63, 3.8) is 0 Å². The molecule has 0 aliphatic heterocycles. The van der Waals surface area contributed by atoms with E-state index in [1.807, 2.05) is 38.2 Å². The molecule has 1 atom stereocenters. The maximum atomic E-state index is 14.2.